The van der Waals surface area contributed by atoms with E-state index >= 15 is 0 Å². The highest BCUT2D eigenvalue weighted by Crippen LogP contribution is 2.29. The second kappa shape index (κ2) is 8.21. The van der Waals surface area contributed by atoms with Gasteiger partial charge in [0, 0.05) is 55.0 Å². The van der Waals surface area contributed by atoms with Gasteiger partial charge in [-0.25, -0.2) is 4.39 Å². The fourth-order valence-electron chi connectivity index (χ4n) is 4.17. The SMILES string of the molecule is COc1cc(N[C@H]2CCN(CC(=O)N3C[C@@H](F)C[C@H]3C#N)C2)c2cccnc2c1. The van der Waals surface area contributed by atoms with Gasteiger partial charge < -0.3 is 15.0 Å². The summed E-state index contributed by atoms with van der Waals surface area (Å²) in [6.07, 6.45) is 1.65. The number of pyridine rings is 1. The molecule has 1 amide bonds. The first-order valence-corrected chi connectivity index (χ1v) is 9.82. The zero-order chi connectivity index (χ0) is 20.4. The van der Waals surface area contributed by atoms with E-state index in [1.807, 2.05) is 30.3 Å². The molecule has 1 N–H and O–H groups in total. The number of fused-ring (bicyclic) bond motifs is 1. The predicted molar refractivity (Wildman–Crippen MR) is 107 cm³/mol. The summed E-state index contributed by atoms with van der Waals surface area (Å²) in [5, 5.41) is 13.7. The summed E-state index contributed by atoms with van der Waals surface area (Å²) in [6, 6.07) is 9.35. The molecule has 3 atom stereocenters. The molecule has 1 aromatic heterocycles. The van der Waals surface area contributed by atoms with Crippen LogP contribution < -0.4 is 10.1 Å². The number of nitriles is 1. The molecule has 29 heavy (non-hydrogen) atoms. The lowest BCUT2D eigenvalue weighted by Crippen LogP contribution is -2.42. The van der Waals surface area contributed by atoms with Crippen molar-refractivity contribution in [3.8, 4) is 11.8 Å². The summed E-state index contributed by atoms with van der Waals surface area (Å²) in [7, 11) is 1.63. The number of anilines is 1. The van der Waals surface area contributed by atoms with Crippen molar-refractivity contribution in [1.82, 2.24) is 14.8 Å². The number of halogens is 1. The molecule has 4 rings (SSSR count). The lowest BCUT2D eigenvalue weighted by Gasteiger charge is -2.23. The molecule has 2 aliphatic rings. The highest BCUT2D eigenvalue weighted by atomic mass is 19.1. The van der Waals surface area contributed by atoms with Crippen molar-refractivity contribution in [2.45, 2.75) is 31.1 Å². The van der Waals surface area contributed by atoms with Gasteiger partial charge in [-0.15, -0.1) is 0 Å². The molecular weight excluding hydrogens is 373 g/mol. The van der Waals surface area contributed by atoms with Gasteiger partial charge in [-0.05, 0) is 18.6 Å². The van der Waals surface area contributed by atoms with Crippen LogP contribution in [0.15, 0.2) is 30.5 Å². The van der Waals surface area contributed by atoms with Crippen molar-refractivity contribution in [3.05, 3.63) is 30.5 Å². The number of ether oxygens (including phenoxy) is 1. The lowest BCUT2D eigenvalue weighted by molar-refractivity contribution is -0.132. The number of nitrogens with one attached hydrogen (secondary N) is 1. The molecule has 2 saturated heterocycles. The Hall–Kier alpha value is -2.92. The quantitative estimate of drug-likeness (QED) is 0.833. The molecule has 7 nitrogen and oxygen atoms in total. The van der Waals surface area contributed by atoms with Gasteiger partial charge in [0.25, 0.3) is 0 Å². The maximum Gasteiger partial charge on any atom is 0.237 e. The predicted octanol–water partition coefficient (Wildman–Crippen LogP) is 2.19. The number of likely N-dealkylation sites (tertiary alicyclic amines) is 2. The Balaban J connectivity index is 1.40. The number of carbonyl (C=O) groups excluding carboxylic acids is 1. The van der Waals surface area contributed by atoms with Crippen LogP contribution >= 0.6 is 0 Å². The molecule has 2 aromatic rings. The standard InChI is InChI=1S/C21H24FN5O2/c1-29-17-8-19-18(3-2-5-24-19)20(9-17)25-15-4-6-26(12-15)13-21(28)27-11-14(22)7-16(27)10-23/h2-3,5,8-9,14-16,25H,4,6-7,11-13H2,1H3/t14-,15-,16-/m0/s1. The first-order chi connectivity index (χ1) is 14.1. The molecule has 0 saturated carbocycles. The van der Waals surface area contributed by atoms with E-state index in [0.717, 1.165) is 35.3 Å². The number of rotatable bonds is 5. The zero-order valence-corrected chi connectivity index (χ0v) is 16.3. The van der Waals surface area contributed by atoms with Gasteiger partial charge in [-0.1, -0.05) is 0 Å². The summed E-state index contributed by atoms with van der Waals surface area (Å²) < 4.78 is 19.0. The van der Waals surface area contributed by atoms with E-state index in [2.05, 4.69) is 15.2 Å². The molecule has 152 valence electrons. The normalized spacial score (nSPS) is 24.6. The molecule has 0 bridgehead atoms. The van der Waals surface area contributed by atoms with Gasteiger partial charge in [0.2, 0.25) is 5.91 Å². The fourth-order valence-corrected chi connectivity index (χ4v) is 4.17. The first-order valence-electron chi connectivity index (χ1n) is 9.82. The minimum absolute atomic E-state index is 0.0232. The van der Waals surface area contributed by atoms with Crippen LogP contribution in [-0.4, -0.2) is 72.2 Å². The summed E-state index contributed by atoms with van der Waals surface area (Å²) in [6.45, 7) is 1.71. The van der Waals surface area contributed by atoms with E-state index in [9.17, 15) is 9.18 Å². The van der Waals surface area contributed by atoms with E-state index in [-0.39, 0.29) is 31.5 Å². The highest BCUT2D eigenvalue weighted by molar-refractivity contribution is 5.92. The molecule has 3 heterocycles. The Labute approximate surface area is 169 Å². The average molecular weight is 397 g/mol. The Morgan fingerprint density at radius 3 is 3.10 bits per heavy atom. The fraction of sp³-hybridized carbons (Fsp3) is 0.476. The molecule has 1 aromatic carbocycles. The van der Waals surface area contributed by atoms with Gasteiger partial charge in [-0.3, -0.25) is 14.7 Å². The Bertz CT molecular complexity index is 946. The van der Waals surface area contributed by atoms with Crippen molar-refractivity contribution < 1.29 is 13.9 Å². The van der Waals surface area contributed by atoms with Gasteiger partial charge in [0.15, 0.2) is 0 Å². The van der Waals surface area contributed by atoms with Crippen molar-refractivity contribution in [1.29, 1.82) is 5.26 Å². The molecular formula is C21H24FN5O2. The highest BCUT2D eigenvalue weighted by Gasteiger charge is 2.36. The third-order valence-electron chi connectivity index (χ3n) is 5.64. The van der Waals surface area contributed by atoms with Gasteiger partial charge in [0.05, 0.1) is 31.8 Å². The number of benzene rings is 1. The molecule has 8 heteroatoms. The summed E-state index contributed by atoms with van der Waals surface area (Å²) >= 11 is 0. The number of carbonyl (C=O) groups is 1. The lowest BCUT2D eigenvalue weighted by atomic mass is 10.1. The van der Waals surface area contributed by atoms with Crippen LogP contribution in [0.1, 0.15) is 12.8 Å². The molecule has 0 radical (unpaired) electrons. The van der Waals surface area contributed by atoms with Crippen molar-refractivity contribution in [3.63, 3.8) is 0 Å². The Morgan fingerprint density at radius 2 is 2.31 bits per heavy atom. The summed E-state index contributed by atoms with van der Waals surface area (Å²) in [5.41, 5.74) is 1.81. The summed E-state index contributed by atoms with van der Waals surface area (Å²) in [4.78, 5) is 20.4. The van der Waals surface area contributed by atoms with E-state index in [0.29, 0.717) is 6.54 Å². The van der Waals surface area contributed by atoms with Crippen LogP contribution in [0, 0.1) is 11.3 Å². The van der Waals surface area contributed by atoms with Crippen LogP contribution in [0.4, 0.5) is 10.1 Å². The van der Waals surface area contributed by atoms with Gasteiger partial charge >= 0.3 is 0 Å². The zero-order valence-electron chi connectivity index (χ0n) is 16.3. The average Bonchev–Trinajstić information content (AvgIpc) is 3.33. The molecule has 2 aliphatic heterocycles. The monoisotopic (exact) mass is 397 g/mol. The van der Waals surface area contributed by atoms with Crippen LogP contribution in [0.5, 0.6) is 5.75 Å². The van der Waals surface area contributed by atoms with Crippen molar-refractivity contribution >= 4 is 22.5 Å². The minimum Gasteiger partial charge on any atom is -0.497 e. The van der Waals surface area contributed by atoms with Crippen molar-refractivity contribution in [2.75, 3.05) is 38.6 Å². The van der Waals surface area contributed by atoms with Crippen LogP contribution in [0.25, 0.3) is 10.9 Å². The maximum absolute atomic E-state index is 13.6. The van der Waals surface area contributed by atoms with Crippen LogP contribution in [0.3, 0.4) is 0 Å². The molecule has 0 aliphatic carbocycles. The number of hydrogen-bond acceptors (Lipinski definition) is 6. The Kier molecular flexibility index (Phi) is 5.49. The second-order valence-corrected chi connectivity index (χ2v) is 7.63. The largest absolute Gasteiger partial charge is 0.497 e. The van der Waals surface area contributed by atoms with Gasteiger partial charge in [-0.2, -0.15) is 5.26 Å². The number of nitrogens with zero attached hydrogens (tertiary/aromatic N) is 4. The smallest absolute Gasteiger partial charge is 0.237 e. The number of amides is 1. The van der Waals surface area contributed by atoms with Crippen molar-refractivity contribution in [2.24, 2.45) is 0 Å². The Morgan fingerprint density at radius 1 is 1.45 bits per heavy atom. The number of methoxy groups -OCH3 is 1. The van der Waals surface area contributed by atoms with Gasteiger partial charge in [0.1, 0.15) is 18.0 Å². The van der Waals surface area contributed by atoms with Crippen LogP contribution in [-0.2, 0) is 4.79 Å². The van der Waals surface area contributed by atoms with E-state index in [1.54, 1.807) is 13.3 Å². The first kappa shape index (κ1) is 19.4. The maximum atomic E-state index is 13.6. The van der Waals surface area contributed by atoms with Crippen LogP contribution in [0.2, 0.25) is 0 Å². The summed E-state index contributed by atoms with van der Waals surface area (Å²) in [5.74, 6) is 0.564. The molecule has 0 unspecified atom stereocenters. The second-order valence-electron chi connectivity index (χ2n) is 7.63. The third kappa shape index (κ3) is 4.10. The third-order valence-corrected chi connectivity index (χ3v) is 5.64. The number of alkyl halides is 1. The molecule has 0 spiro atoms. The van der Waals surface area contributed by atoms with E-state index in [4.69, 9.17) is 10.00 Å². The van der Waals surface area contributed by atoms with E-state index < -0.39 is 12.2 Å². The number of hydrogen-bond donors (Lipinski definition) is 1. The minimum atomic E-state index is -1.11. The molecule has 2 fully saturated rings. The topological polar surface area (TPSA) is 81.5 Å². The number of aromatic nitrogens is 1. The van der Waals surface area contributed by atoms with E-state index in [1.165, 1.54) is 4.90 Å².